The van der Waals surface area contributed by atoms with Crippen LogP contribution in [0, 0.1) is 0 Å². The Balaban J connectivity index is 2.02. The first-order valence-electron chi connectivity index (χ1n) is 5.95. The number of aromatic nitrogens is 2. The molecule has 0 saturated heterocycles. The Hall–Kier alpha value is -1.85. The maximum absolute atomic E-state index is 11.3. The highest BCUT2D eigenvalue weighted by Gasteiger charge is 2.04. The van der Waals surface area contributed by atoms with Gasteiger partial charge in [-0.1, -0.05) is 35.9 Å². The molecule has 1 heterocycles. The average molecular weight is 279 g/mol. The van der Waals surface area contributed by atoms with E-state index in [1.54, 1.807) is 0 Å². The van der Waals surface area contributed by atoms with Gasteiger partial charge in [-0.05, 0) is 24.1 Å². The van der Waals surface area contributed by atoms with Crippen LogP contribution in [-0.4, -0.2) is 16.7 Å². The van der Waals surface area contributed by atoms with Crippen LogP contribution in [0.15, 0.2) is 35.3 Å². The van der Waals surface area contributed by atoms with Gasteiger partial charge in [0.25, 0.3) is 5.56 Å². The molecule has 0 radical (unpaired) electrons. The van der Waals surface area contributed by atoms with E-state index < -0.39 is 5.56 Å². The van der Waals surface area contributed by atoms with Gasteiger partial charge in [-0.3, -0.25) is 4.79 Å². The Morgan fingerprint density at radius 2 is 1.95 bits per heavy atom. The van der Waals surface area contributed by atoms with E-state index in [1.165, 1.54) is 11.8 Å². The fourth-order valence-corrected chi connectivity index (χ4v) is 1.85. The molecule has 100 valence electrons. The predicted molar refractivity (Wildman–Crippen MR) is 76.4 cm³/mol. The van der Waals surface area contributed by atoms with Crippen LogP contribution in [0.3, 0.4) is 0 Å². The number of rotatable bonds is 5. The highest BCUT2D eigenvalue weighted by Crippen LogP contribution is 2.15. The second-order valence-corrected chi connectivity index (χ2v) is 4.51. The molecule has 0 amide bonds. The van der Waals surface area contributed by atoms with Gasteiger partial charge in [-0.25, -0.2) is 5.10 Å². The minimum Gasteiger partial charge on any atom is -0.378 e. The predicted octanol–water partition coefficient (Wildman–Crippen LogP) is 1.54. The number of aromatic amines is 1. The summed E-state index contributed by atoms with van der Waals surface area (Å²) in [5.74, 6) is 0. The second kappa shape index (κ2) is 6.36. The lowest BCUT2D eigenvalue weighted by Crippen LogP contribution is -2.11. The fraction of sp³-hybridized carbons (Fsp3) is 0.231. The van der Waals surface area contributed by atoms with E-state index in [-0.39, 0.29) is 5.02 Å². The molecule has 0 fully saturated rings. The molecule has 0 aliphatic heterocycles. The van der Waals surface area contributed by atoms with Gasteiger partial charge in [-0.2, -0.15) is 5.10 Å². The summed E-state index contributed by atoms with van der Waals surface area (Å²) in [4.78, 5) is 11.3. The zero-order valence-corrected chi connectivity index (χ0v) is 11.1. The summed E-state index contributed by atoms with van der Waals surface area (Å²) in [7, 11) is 0. The van der Waals surface area contributed by atoms with E-state index in [0.29, 0.717) is 18.8 Å². The number of anilines is 1. The number of H-pyrrole nitrogens is 1. The lowest BCUT2D eigenvalue weighted by atomic mass is 10.1. The summed E-state index contributed by atoms with van der Waals surface area (Å²) in [6.07, 6.45) is 2.37. The molecule has 0 unspecified atom stereocenters. The van der Waals surface area contributed by atoms with Crippen LogP contribution >= 0.6 is 11.6 Å². The van der Waals surface area contributed by atoms with Crippen LogP contribution < -0.4 is 16.6 Å². The zero-order valence-electron chi connectivity index (χ0n) is 10.3. The number of hydrogen-bond acceptors (Lipinski definition) is 4. The van der Waals surface area contributed by atoms with Crippen molar-refractivity contribution in [2.45, 2.75) is 13.0 Å². The second-order valence-electron chi connectivity index (χ2n) is 4.14. The number of hydrogen-bond donors (Lipinski definition) is 3. The van der Waals surface area contributed by atoms with Crippen molar-refractivity contribution in [3.05, 3.63) is 57.0 Å². The fourth-order valence-electron chi connectivity index (χ4n) is 1.69. The van der Waals surface area contributed by atoms with E-state index in [1.807, 2.05) is 24.3 Å². The summed E-state index contributed by atoms with van der Waals surface area (Å²) in [5, 5.41) is 9.17. The van der Waals surface area contributed by atoms with E-state index in [9.17, 15) is 4.79 Å². The van der Waals surface area contributed by atoms with E-state index in [2.05, 4.69) is 15.5 Å². The van der Waals surface area contributed by atoms with Crippen molar-refractivity contribution in [3.63, 3.8) is 0 Å². The third kappa shape index (κ3) is 3.56. The topological polar surface area (TPSA) is 83.8 Å². The van der Waals surface area contributed by atoms with Crippen molar-refractivity contribution in [1.82, 2.24) is 10.2 Å². The van der Waals surface area contributed by atoms with E-state index in [0.717, 1.165) is 12.0 Å². The first kappa shape index (κ1) is 13.6. The van der Waals surface area contributed by atoms with Crippen molar-refractivity contribution in [2.24, 2.45) is 5.73 Å². The molecule has 19 heavy (non-hydrogen) atoms. The van der Waals surface area contributed by atoms with Crippen molar-refractivity contribution in [3.8, 4) is 0 Å². The molecule has 1 aromatic heterocycles. The third-order valence-electron chi connectivity index (χ3n) is 2.73. The van der Waals surface area contributed by atoms with Gasteiger partial charge in [0.1, 0.15) is 5.02 Å². The Kier molecular flexibility index (Phi) is 4.54. The lowest BCUT2D eigenvalue weighted by molar-refractivity contribution is 0.964. The molecular formula is C13H15ClN4O. The summed E-state index contributed by atoms with van der Waals surface area (Å²) in [6.45, 7) is 1.22. The van der Waals surface area contributed by atoms with Gasteiger partial charge in [0.05, 0.1) is 11.9 Å². The van der Waals surface area contributed by atoms with Crippen LogP contribution in [0.5, 0.6) is 0 Å². The van der Waals surface area contributed by atoms with E-state index >= 15 is 0 Å². The van der Waals surface area contributed by atoms with Crippen molar-refractivity contribution < 1.29 is 0 Å². The molecule has 0 aliphatic rings. The molecule has 0 bridgehead atoms. The summed E-state index contributed by atoms with van der Waals surface area (Å²) in [5.41, 5.74) is 7.93. The van der Waals surface area contributed by atoms with Gasteiger partial charge >= 0.3 is 0 Å². The average Bonchev–Trinajstić information content (AvgIpc) is 2.42. The summed E-state index contributed by atoms with van der Waals surface area (Å²) in [6, 6.07) is 8.13. The quantitative estimate of drug-likeness (QED) is 0.775. The van der Waals surface area contributed by atoms with Gasteiger partial charge in [0.2, 0.25) is 0 Å². The highest BCUT2D eigenvalue weighted by atomic mass is 35.5. The SMILES string of the molecule is NCCc1ccc(CNc2cn[nH]c(=O)c2Cl)cc1. The van der Waals surface area contributed by atoms with Crippen LogP contribution in [-0.2, 0) is 13.0 Å². The van der Waals surface area contributed by atoms with Gasteiger partial charge < -0.3 is 11.1 Å². The Morgan fingerprint density at radius 1 is 1.26 bits per heavy atom. The standard InChI is InChI=1S/C13H15ClN4O/c14-12-11(8-17-18-13(12)19)16-7-10-3-1-9(2-4-10)5-6-15/h1-4,8H,5-7,15H2,(H2,16,18,19). The molecule has 0 atom stereocenters. The van der Waals surface area contributed by atoms with E-state index in [4.69, 9.17) is 17.3 Å². The zero-order chi connectivity index (χ0) is 13.7. The molecule has 4 N–H and O–H groups in total. The van der Waals surface area contributed by atoms with Crippen LogP contribution in [0.1, 0.15) is 11.1 Å². The number of nitrogens with two attached hydrogens (primary N) is 1. The van der Waals surface area contributed by atoms with Crippen molar-refractivity contribution in [2.75, 3.05) is 11.9 Å². The van der Waals surface area contributed by atoms with Crippen LogP contribution in [0.25, 0.3) is 0 Å². The van der Waals surface area contributed by atoms with Gasteiger partial charge in [0, 0.05) is 6.54 Å². The monoisotopic (exact) mass is 278 g/mol. The lowest BCUT2D eigenvalue weighted by Gasteiger charge is -2.07. The molecular weight excluding hydrogens is 264 g/mol. The molecule has 5 nitrogen and oxygen atoms in total. The number of benzene rings is 1. The van der Waals surface area contributed by atoms with Crippen LogP contribution in [0.4, 0.5) is 5.69 Å². The molecule has 1 aromatic carbocycles. The molecule has 2 aromatic rings. The third-order valence-corrected chi connectivity index (χ3v) is 3.11. The van der Waals surface area contributed by atoms with Gasteiger partial charge in [0.15, 0.2) is 0 Å². The first-order valence-corrected chi connectivity index (χ1v) is 6.33. The highest BCUT2D eigenvalue weighted by molar-refractivity contribution is 6.32. The number of halogens is 1. The molecule has 0 aliphatic carbocycles. The number of nitrogens with one attached hydrogen (secondary N) is 2. The number of nitrogens with zero attached hydrogens (tertiary/aromatic N) is 1. The maximum atomic E-state index is 11.3. The maximum Gasteiger partial charge on any atom is 0.285 e. The Morgan fingerprint density at radius 3 is 2.63 bits per heavy atom. The largest absolute Gasteiger partial charge is 0.378 e. The molecule has 0 spiro atoms. The minimum atomic E-state index is -0.398. The van der Waals surface area contributed by atoms with Gasteiger partial charge in [-0.15, -0.1) is 0 Å². The first-order chi connectivity index (χ1) is 9.20. The Labute approximate surface area is 115 Å². The smallest absolute Gasteiger partial charge is 0.285 e. The molecule has 0 saturated carbocycles. The summed E-state index contributed by atoms with van der Waals surface area (Å²) < 4.78 is 0. The van der Waals surface area contributed by atoms with Crippen molar-refractivity contribution >= 4 is 17.3 Å². The Bertz CT molecular complexity index is 594. The van der Waals surface area contributed by atoms with Crippen LogP contribution in [0.2, 0.25) is 5.02 Å². The normalized spacial score (nSPS) is 10.4. The molecule has 6 heteroatoms. The minimum absolute atomic E-state index is 0.120. The summed E-state index contributed by atoms with van der Waals surface area (Å²) >= 11 is 5.87. The van der Waals surface area contributed by atoms with Crippen molar-refractivity contribution in [1.29, 1.82) is 0 Å². The molecule has 2 rings (SSSR count).